The van der Waals surface area contributed by atoms with Crippen molar-refractivity contribution in [3.63, 3.8) is 0 Å². The minimum atomic E-state index is -4.81. The van der Waals surface area contributed by atoms with Crippen LogP contribution in [0.3, 0.4) is 0 Å². The number of aromatic carboxylic acids is 1. The van der Waals surface area contributed by atoms with Gasteiger partial charge in [-0.1, -0.05) is 23.7 Å². The summed E-state index contributed by atoms with van der Waals surface area (Å²) in [5.74, 6) is -1.07. The lowest BCUT2D eigenvalue weighted by Gasteiger charge is -2.12. The number of carbonyl (C=O) groups is 2. The Hall–Kier alpha value is -4.16. The number of nitrogens with one attached hydrogen (secondary N) is 3. The third-order valence-electron chi connectivity index (χ3n) is 5.89. The summed E-state index contributed by atoms with van der Waals surface area (Å²) in [5, 5.41) is 20.8. The Morgan fingerprint density at radius 1 is 1.00 bits per heavy atom. The molecule has 2 heterocycles. The zero-order valence-corrected chi connectivity index (χ0v) is 21.8. The van der Waals surface area contributed by atoms with Crippen LogP contribution in [-0.2, 0) is 11.3 Å². The van der Waals surface area contributed by atoms with E-state index in [1.807, 2.05) is 6.07 Å². The topological polar surface area (TPSA) is 125 Å². The molecular formula is C27H25ClF3N5O4. The molecule has 0 unspecified atom stereocenters. The Bertz CT molecular complexity index is 1530. The third-order valence-corrected chi connectivity index (χ3v) is 6.19. The fourth-order valence-electron chi connectivity index (χ4n) is 4.06. The Kier molecular flexibility index (Phi) is 9.22. The highest BCUT2D eigenvalue weighted by Crippen LogP contribution is 2.31. The second-order valence-corrected chi connectivity index (χ2v) is 9.20. The van der Waals surface area contributed by atoms with E-state index < -0.39 is 18.1 Å². The van der Waals surface area contributed by atoms with E-state index in [9.17, 15) is 27.9 Å². The minimum absolute atomic E-state index is 0.132. The van der Waals surface area contributed by atoms with Gasteiger partial charge in [-0.2, -0.15) is 0 Å². The second kappa shape index (κ2) is 12.8. The maximum Gasteiger partial charge on any atom is 0.573 e. The standard InChI is InChI=1S/C27H25ClF3N5O4/c28-21-12-16(3-6-23(21)40-27(29,30)31)14-32-8-1-2-24(37)34-10-11-35-25-19-7-9-33-15-20(19)18-5-4-17(26(38)39)13-22(18)36-25/h3-7,9,12-13,15,32H,1-2,8,10-11,14H2,(H,34,37)(H,35,36)(H,38,39). The summed E-state index contributed by atoms with van der Waals surface area (Å²) < 4.78 is 40.9. The summed E-state index contributed by atoms with van der Waals surface area (Å²) in [6.45, 7) is 1.63. The monoisotopic (exact) mass is 575 g/mol. The number of rotatable bonds is 12. The Morgan fingerprint density at radius 2 is 1.82 bits per heavy atom. The summed E-state index contributed by atoms with van der Waals surface area (Å²) in [6.07, 6.45) is -0.625. The number of carbonyl (C=O) groups excluding carboxylic acids is 1. The average molecular weight is 576 g/mol. The molecule has 2 aromatic carbocycles. The van der Waals surface area contributed by atoms with Gasteiger partial charge in [0.05, 0.1) is 16.1 Å². The van der Waals surface area contributed by atoms with Gasteiger partial charge in [0.1, 0.15) is 11.6 Å². The number of hydrogen-bond acceptors (Lipinski definition) is 7. The zero-order chi connectivity index (χ0) is 28.7. The fourth-order valence-corrected chi connectivity index (χ4v) is 4.30. The van der Waals surface area contributed by atoms with E-state index in [-0.39, 0.29) is 22.9 Å². The quantitative estimate of drug-likeness (QED) is 0.135. The lowest BCUT2D eigenvalue weighted by Crippen LogP contribution is -2.29. The lowest BCUT2D eigenvalue weighted by atomic mass is 10.1. The molecule has 0 aliphatic rings. The molecule has 4 aromatic rings. The van der Waals surface area contributed by atoms with Crippen molar-refractivity contribution in [2.75, 3.05) is 25.0 Å². The van der Waals surface area contributed by atoms with Crippen LogP contribution in [0.4, 0.5) is 19.0 Å². The van der Waals surface area contributed by atoms with Crippen LogP contribution in [0.1, 0.15) is 28.8 Å². The van der Waals surface area contributed by atoms with Gasteiger partial charge in [0.25, 0.3) is 0 Å². The van der Waals surface area contributed by atoms with E-state index in [0.29, 0.717) is 49.5 Å². The molecule has 210 valence electrons. The van der Waals surface area contributed by atoms with E-state index >= 15 is 0 Å². The summed E-state index contributed by atoms with van der Waals surface area (Å²) in [6, 6.07) is 10.6. The van der Waals surface area contributed by atoms with Gasteiger partial charge in [0.2, 0.25) is 5.91 Å². The zero-order valence-electron chi connectivity index (χ0n) is 21.0. The van der Waals surface area contributed by atoms with Gasteiger partial charge in [0.15, 0.2) is 0 Å². The summed E-state index contributed by atoms with van der Waals surface area (Å²) in [5.41, 5.74) is 1.33. The van der Waals surface area contributed by atoms with Crippen LogP contribution in [-0.4, -0.2) is 52.9 Å². The van der Waals surface area contributed by atoms with Crippen LogP contribution in [0.2, 0.25) is 5.02 Å². The number of hydrogen-bond donors (Lipinski definition) is 4. The molecule has 0 saturated heterocycles. The van der Waals surface area contributed by atoms with E-state index in [1.165, 1.54) is 24.3 Å². The van der Waals surface area contributed by atoms with Crippen molar-refractivity contribution < 1.29 is 32.6 Å². The van der Waals surface area contributed by atoms with Gasteiger partial charge >= 0.3 is 12.3 Å². The third kappa shape index (κ3) is 7.70. The van der Waals surface area contributed by atoms with E-state index in [2.05, 4.69) is 30.7 Å². The molecule has 0 fully saturated rings. The SMILES string of the molecule is O=C(CCCNCc1ccc(OC(F)(F)F)c(Cl)c1)NCCNc1nc2cc(C(=O)O)ccc2c2cnccc12. The van der Waals surface area contributed by atoms with Crippen LogP contribution in [0.5, 0.6) is 5.75 Å². The molecule has 0 atom stereocenters. The van der Waals surface area contributed by atoms with Gasteiger partial charge in [-0.25, -0.2) is 9.78 Å². The first kappa shape index (κ1) is 28.8. The summed E-state index contributed by atoms with van der Waals surface area (Å²) in [7, 11) is 0. The smallest absolute Gasteiger partial charge is 0.478 e. The number of benzene rings is 2. The van der Waals surface area contributed by atoms with Crippen LogP contribution in [0.15, 0.2) is 54.9 Å². The molecule has 0 spiro atoms. The lowest BCUT2D eigenvalue weighted by molar-refractivity contribution is -0.274. The van der Waals surface area contributed by atoms with Crippen molar-refractivity contribution in [2.45, 2.75) is 25.7 Å². The van der Waals surface area contributed by atoms with Crippen molar-refractivity contribution in [1.82, 2.24) is 20.6 Å². The summed E-state index contributed by atoms with van der Waals surface area (Å²) >= 11 is 5.85. The van der Waals surface area contributed by atoms with E-state index in [4.69, 9.17) is 11.6 Å². The summed E-state index contributed by atoms with van der Waals surface area (Å²) in [4.78, 5) is 32.3. The number of carboxylic acid groups (broad SMARTS) is 1. The molecule has 0 saturated carbocycles. The van der Waals surface area contributed by atoms with Crippen molar-refractivity contribution >= 4 is 51.0 Å². The molecule has 13 heteroatoms. The maximum atomic E-state index is 12.3. The number of ether oxygens (including phenoxy) is 1. The molecule has 9 nitrogen and oxygen atoms in total. The number of fused-ring (bicyclic) bond motifs is 3. The largest absolute Gasteiger partial charge is 0.573 e. The van der Waals surface area contributed by atoms with Crippen molar-refractivity contribution in [1.29, 1.82) is 0 Å². The Balaban J connectivity index is 1.20. The molecule has 4 rings (SSSR count). The second-order valence-electron chi connectivity index (χ2n) is 8.79. The molecule has 2 aromatic heterocycles. The van der Waals surface area contributed by atoms with Gasteiger partial charge < -0.3 is 25.8 Å². The van der Waals surface area contributed by atoms with Crippen LogP contribution in [0.25, 0.3) is 21.7 Å². The van der Waals surface area contributed by atoms with Crippen molar-refractivity contribution in [2.24, 2.45) is 0 Å². The highest BCUT2D eigenvalue weighted by molar-refractivity contribution is 6.32. The number of alkyl halides is 3. The molecule has 0 bridgehead atoms. The van der Waals surface area contributed by atoms with Crippen molar-refractivity contribution in [3.8, 4) is 5.75 Å². The molecular weight excluding hydrogens is 551 g/mol. The molecule has 0 aliphatic heterocycles. The molecule has 40 heavy (non-hydrogen) atoms. The molecule has 1 amide bonds. The van der Waals surface area contributed by atoms with E-state index in [1.54, 1.807) is 18.5 Å². The van der Waals surface area contributed by atoms with Gasteiger partial charge in [-0.3, -0.25) is 9.78 Å². The van der Waals surface area contributed by atoms with Crippen LogP contribution >= 0.6 is 11.6 Å². The van der Waals surface area contributed by atoms with Crippen LogP contribution in [0, 0.1) is 0 Å². The fraction of sp³-hybridized carbons (Fsp3) is 0.259. The first-order valence-electron chi connectivity index (χ1n) is 12.3. The predicted molar refractivity (Wildman–Crippen MR) is 145 cm³/mol. The Morgan fingerprint density at radius 3 is 2.58 bits per heavy atom. The predicted octanol–water partition coefficient (Wildman–Crippen LogP) is 5.13. The number of anilines is 1. The molecule has 4 N–H and O–H groups in total. The molecule has 0 aliphatic carbocycles. The number of aromatic nitrogens is 2. The average Bonchev–Trinajstić information content (AvgIpc) is 2.91. The minimum Gasteiger partial charge on any atom is -0.478 e. The van der Waals surface area contributed by atoms with Gasteiger partial charge in [0, 0.05) is 54.6 Å². The number of halogens is 4. The number of carboxylic acids is 1. The first-order valence-corrected chi connectivity index (χ1v) is 12.6. The highest BCUT2D eigenvalue weighted by atomic mass is 35.5. The van der Waals surface area contributed by atoms with Crippen molar-refractivity contribution in [3.05, 3.63) is 71.0 Å². The number of nitrogens with zero attached hydrogens (tertiary/aromatic N) is 2. The number of pyridine rings is 2. The normalized spacial score (nSPS) is 11.5. The van der Waals surface area contributed by atoms with Gasteiger partial charge in [-0.05, 0) is 48.9 Å². The van der Waals surface area contributed by atoms with E-state index in [0.717, 1.165) is 22.2 Å². The molecule has 0 radical (unpaired) electrons. The Labute approximate surface area is 231 Å². The first-order chi connectivity index (χ1) is 19.1. The highest BCUT2D eigenvalue weighted by Gasteiger charge is 2.32. The van der Waals surface area contributed by atoms with Gasteiger partial charge in [-0.15, -0.1) is 13.2 Å². The van der Waals surface area contributed by atoms with Crippen LogP contribution < -0.4 is 20.7 Å². The maximum absolute atomic E-state index is 12.3. The number of amides is 1.